The van der Waals surface area contributed by atoms with Gasteiger partial charge < -0.3 is 23.9 Å². The van der Waals surface area contributed by atoms with Crippen molar-refractivity contribution in [3.63, 3.8) is 0 Å². The Hall–Kier alpha value is -4.17. The summed E-state index contributed by atoms with van der Waals surface area (Å²) in [6.07, 6.45) is 0.0950. The summed E-state index contributed by atoms with van der Waals surface area (Å²) >= 11 is 0. The number of hydrogen-bond acceptors (Lipinski definition) is 7. The molecule has 3 aliphatic heterocycles. The maximum atomic E-state index is 13.6. The molecule has 7 rings (SSSR count). The predicted octanol–water partition coefficient (Wildman–Crippen LogP) is 3.78. The maximum absolute atomic E-state index is 13.6. The minimum atomic E-state index is -1.87. The Morgan fingerprint density at radius 2 is 1.86 bits per heavy atom. The largest absolute Gasteiger partial charge is 0.458 e. The van der Waals surface area contributed by atoms with E-state index in [1.54, 1.807) is 17.6 Å². The Labute approximate surface area is 205 Å². The lowest BCUT2D eigenvalue weighted by atomic mass is 9.86. The van der Waals surface area contributed by atoms with Crippen LogP contribution in [0.3, 0.4) is 0 Å². The molecule has 0 radical (unpaired) electrons. The molecule has 0 spiro atoms. The van der Waals surface area contributed by atoms with Gasteiger partial charge in [-0.3, -0.25) is 4.79 Å². The smallest absolute Gasteiger partial charge is 0.343 e. The van der Waals surface area contributed by atoms with Gasteiger partial charge in [0.1, 0.15) is 6.61 Å². The van der Waals surface area contributed by atoms with Gasteiger partial charge in [0.15, 0.2) is 17.1 Å². The second kappa shape index (κ2) is 7.18. The molecule has 0 unspecified atom stereocenters. The normalized spacial score (nSPS) is 19.1. The molecule has 5 heterocycles. The fourth-order valence-corrected chi connectivity index (χ4v) is 5.60. The minimum absolute atomic E-state index is 0.0950. The lowest BCUT2D eigenvalue weighted by Gasteiger charge is -2.31. The first-order chi connectivity index (χ1) is 17.4. The lowest BCUT2D eigenvalue weighted by molar-refractivity contribution is -0.172. The highest BCUT2D eigenvalue weighted by Gasteiger charge is 2.45. The first kappa shape index (κ1) is 21.1. The number of aromatic nitrogens is 2. The molecular formula is C28H22N2O6. The Bertz CT molecular complexity index is 1710. The van der Waals surface area contributed by atoms with E-state index < -0.39 is 11.6 Å². The third-order valence-corrected chi connectivity index (χ3v) is 7.49. The SMILES string of the molecule is CC[C@@]1(O)C(=O)OCc2c1cc1n(c2=O)Cc2c-1nc1cc3c(cc1c2-c1cccc(C)c1)OCO3. The van der Waals surface area contributed by atoms with Gasteiger partial charge in [0.25, 0.3) is 5.56 Å². The fourth-order valence-electron chi connectivity index (χ4n) is 5.60. The molecule has 1 atom stereocenters. The standard InChI is InChI=1S/C28H22N2O6/c1-3-28(33)19-9-21-25-17(11-30(21)26(31)18(19)12-34-27(28)32)24(15-6-4-5-14(2)7-15)16-8-22-23(36-13-35-22)10-20(16)29-25/h4-10,33H,3,11-13H2,1-2H3/t28-/m0/s1. The van der Waals surface area contributed by atoms with Gasteiger partial charge in [0.05, 0.1) is 29.0 Å². The van der Waals surface area contributed by atoms with Gasteiger partial charge in [0.2, 0.25) is 6.79 Å². The first-order valence-corrected chi connectivity index (χ1v) is 11.9. The highest BCUT2D eigenvalue weighted by Crippen LogP contribution is 2.46. The second-order valence-corrected chi connectivity index (χ2v) is 9.51. The van der Waals surface area contributed by atoms with Crippen molar-refractivity contribution in [3.05, 3.63) is 75.1 Å². The van der Waals surface area contributed by atoms with E-state index in [1.807, 2.05) is 37.3 Å². The van der Waals surface area contributed by atoms with Gasteiger partial charge in [0, 0.05) is 22.6 Å². The Morgan fingerprint density at radius 1 is 1.06 bits per heavy atom. The molecule has 0 saturated carbocycles. The highest BCUT2D eigenvalue weighted by atomic mass is 16.7. The number of hydrogen-bond donors (Lipinski definition) is 1. The summed E-state index contributed by atoms with van der Waals surface area (Å²) in [7, 11) is 0. The second-order valence-electron chi connectivity index (χ2n) is 9.51. The average Bonchev–Trinajstić information content (AvgIpc) is 3.48. The van der Waals surface area contributed by atoms with Crippen LogP contribution >= 0.6 is 0 Å². The molecule has 8 heteroatoms. The maximum Gasteiger partial charge on any atom is 0.343 e. The number of rotatable bonds is 2. The Balaban J connectivity index is 1.57. The topological polar surface area (TPSA) is 99.9 Å². The number of nitrogens with zero attached hydrogens (tertiary/aromatic N) is 2. The molecule has 4 aromatic rings. The molecule has 2 aromatic heterocycles. The summed E-state index contributed by atoms with van der Waals surface area (Å²) in [6.45, 7) is 4.04. The van der Waals surface area contributed by atoms with Gasteiger partial charge in [-0.1, -0.05) is 36.8 Å². The van der Waals surface area contributed by atoms with Crippen LogP contribution < -0.4 is 15.0 Å². The van der Waals surface area contributed by atoms with Gasteiger partial charge in [-0.2, -0.15) is 0 Å². The van der Waals surface area contributed by atoms with Crippen LogP contribution in [0.4, 0.5) is 0 Å². The van der Waals surface area contributed by atoms with E-state index in [4.69, 9.17) is 19.2 Å². The predicted molar refractivity (Wildman–Crippen MR) is 131 cm³/mol. The molecule has 0 amide bonds. The minimum Gasteiger partial charge on any atom is -0.458 e. The van der Waals surface area contributed by atoms with Crippen LogP contribution in [-0.4, -0.2) is 27.4 Å². The van der Waals surface area contributed by atoms with E-state index in [0.717, 1.165) is 27.6 Å². The van der Waals surface area contributed by atoms with Crippen molar-refractivity contribution < 1.29 is 24.1 Å². The number of ether oxygens (including phenoxy) is 3. The third-order valence-electron chi connectivity index (χ3n) is 7.49. The van der Waals surface area contributed by atoms with E-state index in [9.17, 15) is 14.7 Å². The van der Waals surface area contributed by atoms with Crippen molar-refractivity contribution in [3.8, 4) is 34.0 Å². The Morgan fingerprint density at radius 3 is 2.64 bits per heavy atom. The number of carbonyl (C=O) groups excluding carboxylic acids is 1. The van der Waals surface area contributed by atoms with Crippen LogP contribution in [0.15, 0.2) is 47.3 Å². The van der Waals surface area contributed by atoms with E-state index >= 15 is 0 Å². The van der Waals surface area contributed by atoms with Crippen molar-refractivity contribution in [2.75, 3.05) is 6.79 Å². The summed E-state index contributed by atoms with van der Waals surface area (Å²) in [5, 5.41) is 12.1. The zero-order valence-corrected chi connectivity index (χ0v) is 19.8. The molecule has 0 aliphatic carbocycles. The van der Waals surface area contributed by atoms with E-state index in [2.05, 4.69) is 6.07 Å². The number of carbonyl (C=O) groups is 1. The van der Waals surface area contributed by atoms with E-state index in [0.29, 0.717) is 46.1 Å². The molecular weight excluding hydrogens is 460 g/mol. The van der Waals surface area contributed by atoms with Gasteiger partial charge >= 0.3 is 5.97 Å². The van der Waals surface area contributed by atoms with Crippen LogP contribution in [0.2, 0.25) is 0 Å². The summed E-state index contributed by atoms with van der Waals surface area (Å²) in [6, 6.07) is 13.7. The zero-order valence-electron chi connectivity index (χ0n) is 19.8. The van der Waals surface area contributed by atoms with Gasteiger partial charge in [-0.25, -0.2) is 9.78 Å². The first-order valence-electron chi connectivity index (χ1n) is 11.9. The third kappa shape index (κ3) is 2.70. The van der Waals surface area contributed by atoms with Crippen LogP contribution in [0, 0.1) is 6.92 Å². The number of aliphatic hydroxyl groups is 1. The molecule has 3 aliphatic rings. The van der Waals surface area contributed by atoms with Crippen LogP contribution in [0.1, 0.15) is 35.6 Å². The zero-order chi connectivity index (χ0) is 24.8. The van der Waals surface area contributed by atoms with Crippen molar-refractivity contribution in [1.29, 1.82) is 0 Å². The molecule has 8 nitrogen and oxygen atoms in total. The summed E-state index contributed by atoms with van der Waals surface area (Å²) in [5.74, 6) is 0.541. The number of benzene rings is 2. The van der Waals surface area contributed by atoms with Crippen molar-refractivity contribution >= 4 is 16.9 Å². The van der Waals surface area contributed by atoms with E-state index in [1.165, 1.54) is 0 Å². The summed E-state index contributed by atoms with van der Waals surface area (Å²) < 4.78 is 18.1. The van der Waals surface area contributed by atoms with Crippen molar-refractivity contribution in [1.82, 2.24) is 9.55 Å². The summed E-state index contributed by atoms with van der Waals surface area (Å²) in [4.78, 5) is 31.1. The number of esters is 1. The quantitative estimate of drug-likeness (QED) is 0.382. The average molecular weight is 482 g/mol. The monoisotopic (exact) mass is 482 g/mol. The molecule has 2 aromatic carbocycles. The molecule has 0 saturated heterocycles. The molecule has 0 bridgehead atoms. The van der Waals surface area contributed by atoms with Crippen LogP contribution in [0.5, 0.6) is 11.5 Å². The van der Waals surface area contributed by atoms with Gasteiger partial charge in [-0.15, -0.1) is 0 Å². The Kier molecular flexibility index (Phi) is 4.21. The molecule has 180 valence electrons. The number of cyclic esters (lactones) is 1. The van der Waals surface area contributed by atoms with Crippen LogP contribution in [0.25, 0.3) is 33.4 Å². The summed E-state index contributed by atoms with van der Waals surface area (Å²) in [5.41, 5.74) is 4.37. The van der Waals surface area contributed by atoms with Crippen molar-refractivity contribution in [2.45, 2.75) is 39.0 Å². The van der Waals surface area contributed by atoms with Crippen LogP contribution in [-0.2, 0) is 28.3 Å². The number of pyridine rings is 2. The highest BCUT2D eigenvalue weighted by molar-refractivity contribution is 6.01. The molecule has 0 fully saturated rings. The lowest BCUT2D eigenvalue weighted by Crippen LogP contribution is -2.44. The number of aryl methyl sites for hydroxylation is 1. The fraction of sp³-hybridized carbons (Fsp3) is 0.250. The van der Waals surface area contributed by atoms with E-state index in [-0.39, 0.29) is 25.4 Å². The molecule has 1 N–H and O–H groups in total. The molecule has 36 heavy (non-hydrogen) atoms. The van der Waals surface area contributed by atoms with Crippen molar-refractivity contribution in [2.24, 2.45) is 0 Å². The number of fused-ring (bicyclic) bond motifs is 6. The van der Waals surface area contributed by atoms with Gasteiger partial charge in [-0.05, 0) is 36.6 Å².